The van der Waals surface area contributed by atoms with Crippen molar-refractivity contribution in [2.75, 3.05) is 13.6 Å². The number of likely N-dealkylation sites (N-methyl/N-ethyl adjacent to an activating group) is 1. The Hall–Kier alpha value is -2.28. The molecule has 7 nitrogen and oxygen atoms in total. The molecule has 0 spiro atoms. The molecule has 1 aromatic heterocycles. The first-order valence-electron chi connectivity index (χ1n) is 7.47. The minimum Gasteiger partial charge on any atom is -0.391 e. The van der Waals surface area contributed by atoms with Crippen LogP contribution in [0, 0.1) is 0 Å². The van der Waals surface area contributed by atoms with Crippen LogP contribution >= 0.6 is 0 Å². The molecule has 1 aromatic carbocycles. The van der Waals surface area contributed by atoms with Gasteiger partial charge in [0.2, 0.25) is 5.82 Å². The quantitative estimate of drug-likeness (QED) is 0.880. The maximum Gasteiger partial charge on any atom is 0.204 e. The number of benzene rings is 1. The predicted molar refractivity (Wildman–Crippen MR) is 83.2 cm³/mol. The molecule has 0 saturated carbocycles. The van der Waals surface area contributed by atoms with E-state index in [1.54, 1.807) is 0 Å². The molecule has 0 bridgehead atoms. The molecule has 1 aliphatic rings. The Bertz CT molecular complexity index is 639. The standard InChI is InChI=1S/C15H20N6O/c1-3-13-8-14(22-18-13)10-21(2)9-11-5-4-6-12(7-11)15-16-19-20-17-15/h4-7,14H,3,8-10H2,1-2H3,(H,16,17,19,20)/t14-/m0/s1. The molecule has 22 heavy (non-hydrogen) atoms. The van der Waals surface area contributed by atoms with Crippen molar-refractivity contribution in [1.82, 2.24) is 25.5 Å². The predicted octanol–water partition coefficient (Wildman–Crippen LogP) is 1.85. The second kappa shape index (κ2) is 6.65. The zero-order valence-electron chi connectivity index (χ0n) is 12.9. The summed E-state index contributed by atoms with van der Waals surface area (Å²) in [5.74, 6) is 0.615. The number of nitrogens with one attached hydrogen (secondary N) is 1. The van der Waals surface area contributed by atoms with E-state index in [-0.39, 0.29) is 6.10 Å². The average molecular weight is 300 g/mol. The van der Waals surface area contributed by atoms with Gasteiger partial charge in [0.1, 0.15) is 6.10 Å². The molecule has 0 aliphatic carbocycles. The summed E-state index contributed by atoms with van der Waals surface area (Å²) in [6.45, 7) is 3.81. The number of rotatable bonds is 6. The van der Waals surface area contributed by atoms with Crippen molar-refractivity contribution in [2.45, 2.75) is 32.4 Å². The van der Waals surface area contributed by atoms with Gasteiger partial charge in [-0.1, -0.05) is 30.3 Å². The van der Waals surface area contributed by atoms with Crippen LogP contribution in [0.15, 0.2) is 29.4 Å². The van der Waals surface area contributed by atoms with Gasteiger partial charge < -0.3 is 4.84 Å². The first-order chi connectivity index (χ1) is 10.7. The van der Waals surface area contributed by atoms with Gasteiger partial charge in [0.05, 0.1) is 5.71 Å². The van der Waals surface area contributed by atoms with E-state index in [0.29, 0.717) is 5.82 Å². The number of tetrazole rings is 1. The Balaban J connectivity index is 1.58. The zero-order chi connectivity index (χ0) is 15.4. The summed E-state index contributed by atoms with van der Waals surface area (Å²) < 4.78 is 0. The highest BCUT2D eigenvalue weighted by atomic mass is 16.6. The molecule has 2 heterocycles. The fourth-order valence-electron chi connectivity index (χ4n) is 2.61. The molecular formula is C15H20N6O. The molecule has 1 N–H and O–H groups in total. The van der Waals surface area contributed by atoms with Crippen molar-refractivity contribution in [3.63, 3.8) is 0 Å². The van der Waals surface area contributed by atoms with Crippen LogP contribution in [0.4, 0.5) is 0 Å². The summed E-state index contributed by atoms with van der Waals surface area (Å²) >= 11 is 0. The van der Waals surface area contributed by atoms with E-state index >= 15 is 0 Å². The zero-order valence-corrected chi connectivity index (χ0v) is 12.9. The third kappa shape index (κ3) is 3.48. The molecular weight excluding hydrogens is 280 g/mol. The van der Waals surface area contributed by atoms with Crippen LogP contribution in [-0.4, -0.2) is 50.9 Å². The Kier molecular flexibility index (Phi) is 4.43. The highest BCUT2D eigenvalue weighted by Gasteiger charge is 2.21. The van der Waals surface area contributed by atoms with Crippen molar-refractivity contribution in [3.8, 4) is 11.4 Å². The van der Waals surface area contributed by atoms with Crippen LogP contribution < -0.4 is 0 Å². The summed E-state index contributed by atoms with van der Waals surface area (Å²) in [6, 6.07) is 8.18. The lowest BCUT2D eigenvalue weighted by atomic mass is 10.1. The number of aromatic amines is 1. The van der Waals surface area contributed by atoms with Gasteiger partial charge in [-0.2, -0.15) is 5.21 Å². The summed E-state index contributed by atoms with van der Waals surface area (Å²) in [5, 5.41) is 18.2. The monoisotopic (exact) mass is 300 g/mol. The molecule has 1 atom stereocenters. The number of H-pyrrole nitrogens is 1. The van der Waals surface area contributed by atoms with E-state index in [1.165, 1.54) is 5.56 Å². The number of hydrogen-bond donors (Lipinski definition) is 1. The van der Waals surface area contributed by atoms with Crippen molar-refractivity contribution in [2.24, 2.45) is 5.16 Å². The molecule has 0 radical (unpaired) electrons. The van der Waals surface area contributed by atoms with Gasteiger partial charge in [-0.25, -0.2) is 0 Å². The van der Waals surface area contributed by atoms with Crippen LogP contribution in [0.25, 0.3) is 11.4 Å². The first kappa shape index (κ1) is 14.6. The molecule has 1 aliphatic heterocycles. The normalized spacial score (nSPS) is 17.6. The number of oxime groups is 1. The largest absolute Gasteiger partial charge is 0.391 e. The van der Waals surface area contributed by atoms with Crippen molar-refractivity contribution >= 4 is 5.71 Å². The van der Waals surface area contributed by atoms with E-state index in [4.69, 9.17) is 4.84 Å². The smallest absolute Gasteiger partial charge is 0.204 e. The van der Waals surface area contributed by atoms with Crippen LogP contribution in [0.1, 0.15) is 25.3 Å². The minimum absolute atomic E-state index is 0.167. The lowest BCUT2D eigenvalue weighted by molar-refractivity contribution is 0.0576. The maximum atomic E-state index is 5.46. The van der Waals surface area contributed by atoms with Crippen LogP contribution in [-0.2, 0) is 11.4 Å². The van der Waals surface area contributed by atoms with Gasteiger partial charge in [0.25, 0.3) is 0 Å². The number of nitrogens with zero attached hydrogens (tertiary/aromatic N) is 5. The highest BCUT2D eigenvalue weighted by molar-refractivity contribution is 5.85. The van der Waals surface area contributed by atoms with Gasteiger partial charge in [-0.15, -0.1) is 10.2 Å². The van der Waals surface area contributed by atoms with E-state index in [2.05, 4.69) is 56.8 Å². The van der Waals surface area contributed by atoms with Gasteiger partial charge in [-0.3, -0.25) is 4.90 Å². The Morgan fingerprint density at radius 3 is 3.05 bits per heavy atom. The van der Waals surface area contributed by atoms with Gasteiger partial charge in [0, 0.05) is 25.1 Å². The average Bonchev–Trinajstić information content (AvgIpc) is 3.18. The summed E-state index contributed by atoms with van der Waals surface area (Å²) in [5.41, 5.74) is 3.32. The lowest BCUT2D eigenvalue weighted by Crippen LogP contribution is -2.29. The third-order valence-corrected chi connectivity index (χ3v) is 3.70. The van der Waals surface area contributed by atoms with E-state index in [0.717, 1.165) is 37.2 Å². The van der Waals surface area contributed by atoms with Gasteiger partial charge in [-0.05, 0) is 30.3 Å². The molecule has 0 fully saturated rings. The Morgan fingerprint density at radius 2 is 2.32 bits per heavy atom. The molecule has 7 heteroatoms. The highest BCUT2D eigenvalue weighted by Crippen LogP contribution is 2.17. The van der Waals surface area contributed by atoms with Gasteiger partial charge in [0.15, 0.2) is 0 Å². The van der Waals surface area contributed by atoms with E-state index < -0.39 is 0 Å². The maximum absolute atomic E-state index is 5.46. The minimum atomic E-state index is 0.167. The van der Waals surface area contributed by atoms with Crippen LogP contribution in [0.3, 0.4) is 0 Å². The third-order valence-electron chi connectivity index (χ3n) is 3.70. The Morgan fingerprint density at radius 1 is 1.41 bits per heavy atom. The topological polar surface area (TPSA) is 79.3 Å². The fraction of sp³-hybridized carbons (Fsp3) is 0.467. The van der Waals surface area contributed by atoms with Crippen LogP contribution in [0.2, 0.25) is 0 Å². The second-order valence-corrected chi connectivity index (χ2v) is 5.58. The molecule has 0 amide bonds. The number of hydrogen-bond acceptors (Lipinski definition) is 6. The second-order valence-electron chi connectivity index (χ2n) is 5.58. The molecule has 116 valence electrons. The van der Waals surface area contributed by atoms with E-state index in [9.17, 15) is 0 Å². The molecule has 0 saturated heterocycles. The first-order valence-corrected chi connectivity index (χ1v) is 7.47. The van der Waals surface area contributed by atoms with Crippen molar-refractivity contribution < 1.29 is 4.84 Å². The van der Waals surface area contributed by atoms with Crippen LogP contribution in [0.5, 0.6) is 0 Å². The van der Waals surface area contributed by atoms with Gasteiger partial charge >= 0.3 is 0 Å². The SMILES string of the molecule is CCC1=NO[C@H](CN(C)Cc2cccc(-c3nn[nH]n3)c2)C1. The Labute approximate surface area is 129 Å². The summed E-state index contributed by atoms with van der Waals surface area (Å²) in [4.78, 5) is 7.71. The van der Waals surface area contributed by atoms with Crippen molar-refractivity contribution in [1.29, 1.82) is 0 Å². The summed E-state index contributed by atoms with van der Waals surface area (Å²) in [6.07, 6.45) is 2.07. The molecule has 3 rings (SSSR count). The van der Waals surface area contributed by atoms with Crippen molar-refractivity contribution in [3.05, 3.63) is 29.8 Å². The van der Waals surface area contributed by atoms with E-state index in [1.807, 2.05) is 12.1 Å². The fourth-order valence-corrected chi connectivity index (χ4v) is 2.61. The molecule has 0 unspecified atom stereocenters. The number of aromatic nitrogens is 4. The lowest BCUT2D eigenvalue weighted by Gasteiger charge is -2.19. The summed E-state index contributed by atoms with van der Waals surface area (Å²) in [7, 11) is 2.09. The molecule has 2 aromatic rings.